The number of aromatic nitrogens is 3. The monoisotopic (exact) mass is 381 g/mol. The van der Waals surface area contributed by atoms with E-state index in [0.29, 0.717) is 18.7 Å². The molecule has 3 heterocycles. The van der Waals surface area contributed by atoms with Gasteiger partial charge in [0.25, 0.3) is 0 Å². The number of nitrogens with one attached hydrogen (secondary N) is 2. The highest BCUT2D eigenvalue weighted by atomic mass is 16.3. The highest BCUT2D eigenvalue weighted by Crippen LogP contribution is 2.30. The smallest absolute Gasteiger partial charge is 0.326 e. The molecule has 28 heavy (non-hydrogen) atoms. The first-order valence-electron chi connectivity index (χ1n) is 9.91. The van der Waals surface area contributed by atoms with Gasteiger partial charge >= 0.3 is 5.69 Å². The molecule has 0 amide bonds. The first-order chi connectivity index (χ1) is 13.6. The van der Waals surface area contributed by atoms with Crippen LogP contribution in [0, 0.1) is 0 Å². The summed E-state index contributed by atoms with van der Waals surface area (Å²) in [6, 6.07) is 7.79. The zero-order chi connectivity index (χ0) is 19.7. The van der Waals surface area contributed by atoms with Gasteiger partial charge in [0.2, 0.25) is 0 Å². The first kappa shape index (κ1) is 18.7. The maximum Gasteiger partial charge on any atom is 0.326 e. The van der Waals surface area contributed by atoms with E-state index in [9.17, 15) is 9.90 Å². The number of anilines is 1. The van der Waals surface area contributed by atoms with Crippen LogP contribution in [-0.4, -0.2) is 31.7 Å². The number of hydrogen-bond acceptors (Lipinski definition) is 5. The van der Waals surface area contributed by atoms with Crippen LogP contribution in [0.4, 0.5) is 5.69 Å². The van der Waals surface area contributed by atoms with Crippen molar-refractivity contribution in [3.8, 4) is 0 Å². The molecular formula is C21H27N5O2. The Morgan fingerprint density at radius 3 is 3.07 bits per heavy atom. The summed E-state index contributed by atoms with van der Waals surface area (Å²) in [6.45, 7) is 2.73. The van der Waals surface area contributed by atoms with Gasteiger partial charge in [-0.3, -0.25) is 9.55 Å². The van der Waals surface area contributed by atoms with E-state index in [-0.39, 0.29) is 17.8 Å². The van der Waals surface area contributed by atoms with E-state index in [2.05, 4.69) is 22.2 Å². The number of aliphatic hydroxyl groups excluding tert-OH is 1. The van der Waals surface area contributed by atoms with Crippen LogP contribution < -0.4 is 16.7 Å². The fourth-order valence-electron chi connectivity index (χ4n) is 4.21. The average Bonchev–Trinajstić information content (AvgIpc) is 2.94. The van der Waals surface area contributed by atoms with Gasteiger partial charge in [-0.15, -0.1) is 0 Å². The summed E-state index contributed by atoms with van der Waals surface area (Å²) in [5, 5.41) is 14.7. The van der Waals surface area contributed by atoms with E-state index >= 15 is 0 Å². The molecule has 0 saturated heterocycles. The Morgan fingerprint density at radius 2 is 2.29 bits per heavy atom. The molecule has 1 unspecified atom stereocenters. The van der Waals surface area contributed by atoms with Gasteiger partial charge in [0.1, 0.15) is 0 Å². The van der Waals surface area contributed by atoms with Crippen LogP contribution in [0.1, 0.15) is 43.4 Å². The molecule has 4 rings (SSSR count). The van der Waals surface area contributed by atoms with Crippen LogP contribution in [0.5, 0.6) is 0 Å². The zero-order valence-electron chi connectivity index (χ0n) is 16.1. The molecule has 2 aromatic heterocycles. The number of aliphatic hydroxyl groups is 1. The van der Waals surface area contributed by atoms with E-state index in [1.807, 2.05) is 30.5 Å². The zero-order valence-corrected chi connectivity index (χ0v) is 16.1. The molecule has 0 spiro atoms. The third-order valence-electron chi connectivity index (χ3n) is 5.73. The SMILES string of the molecule is CCC(CCc1cncc(N)c1)N[C@@H]1CCn2c(=O)[nH]c3cccc(c32)[C@H]1O. The minimum Gasteiger partial charge on any atom is -0.397 e. The van der Waals surface area contributed by atoms with E-state index < -0.39 is 6.10 Å². The fourth-order valence-corrected chi connectivity index (χ4v) is 4.21. The number of nitrogen functional groups attached to an aromatic ring is 1. The Kier molecular flexibility index (Phi) is 5.19. The number of nitrogens with zero attached hydrogens (tertiary/aromatic N) is 2. The number of imidazole rings is 1. The minimum atomic E-state index is -0.657. The van der Waals surface area contributed by atoms with Crippen LogP contribution in [0.15, 0.2) is 41.5 Å². The van der Waals surface area contributed by atoms with Crippen molar-refractivity contribution in [2.24, 2.45) is 0 Å². The van der Waals surface area contributed by atoms with Crippen molar-refractivity contribution in [3.63, 3.8) is 0 Å². The standard InChI is InChI=1S/C21H27N5O2/c1-2-15(7-6-13-10-14(22)12-23-11-13)24-18-8-9-26-19-16(20(18)27)4-3-5-17(19)25-21(26)28/h3-5,10-12,15,18,20,24,27H,2,6-9,22H2,1H3,(H,25,28)/t15?,18-,20-/m1/s1. The Balaban J connectivity index is 1.50. The Morgan fingerprint density at radius 1 is 1.43 bits per heavy atom. The highest BCUT2D eigenvalue weighted by molar-refractivity contribution is 5.79. The summed E-state index contributed by atoms with van der Waals surface area (Å²) < 4.78 is 1.74. The molecule has 1 aliphatic rings. The molecule has 3 atom stereocenters. The van der Waals surface area contributed by atoms with Crippen LogP contribution in [0.25, 0.3) is 11.0 Å². The van der Waals surface area contributed by atoms with Gasteiger partial charge in [-0.25, -0.2) is 4.79 Å². The van der Waals surface area contributed by atoms with E-state index in [1.165, 1.54) is 0 Å². The van der Waals surface area contributed by atoms with Crippen LogP contribution in [-0.2, 0) is 13.0 Å². The average molecular weight is 381 g/mol. The van der Waals surface area contributed by atoms with Crippen LogP contribution in [0.2, 0.25) is 0 Å². The lowest BCUT2D eigenvalue weighted by molar-refractivity contribution is 0.117. The van der Waals surface area contributed by atoms with E-state index in [4.69, 9.17) is 5.73 Å². The molecule has 148 valence electrons. The second-order valence-corrected chi connectivity index (χ2v) is 7.60. The van der Waals surface area contributed by atoms with Crippen molar-refractivity contribution >= 4 is 16.7 Å². The van der Waals surface area contributed by atoms with Gasteiger partial charge in [-0.2, -0.15) is 0 Å². The van der Waals surface area contributed by atoms with Gasteiger partial charge in [-0.1, -0.05) is 19.1 Å². The molecular weight excluding hydrogens is 354 g/mol. The minimum absolute atomic E-state index is 0.103. The molecule has 1 aliphatic heterocycles. The summed E-state index contributed by atoms with van der Waals surface area (Å²) in [4.78, 5) is 19.3. The van der Waals surface area contributed by atoms with Gasteiger partial charge < -0.3 is 21.1 Å². The normalized spacial score (nSPS) is 20.2. The first-order valence-corrected chi connectivity index (χ1v) is 9.91. The summed E-state index contributed by atoms with van der Waals surface area (Å²) in [5.41, 5.74) is 9.91. The predicted molar refractivity (Wildman–Crippen MR) is 110 cm³/mol. The maximum atomic E-state index is 12.3. The topological polar surface area (TPSA) is 109 Å². The number of para-hydroxylation sites is 1. The predicted octanol–water partition coefficient (Wildman–Crippen LogP) is 2.11. The van der Waals surface area contributed by atoms with Gasteiger partial charge in [0, 0.05) is 36.6 Å². The third-order valence-corrected chi connectivity index (χ3v) is 5.73. The molecule has 7 nitrogen and oxygen atoms in total. The van der Waals surface area contributed by atoms with E-state index in [0.717, 1.165) is 41.4 Å². The number of pyridine rings is 1. The summed E-state index contributed by atoms with van der Waals surface area (Å²) in [6.07, 6.45) is 6.30. The van der Waals surface area contributed by atoms with Crippen molar-refractivity contribution in [3.05, 3.63) is 58.3 Å². The van der Waals surface area contributed by atoms with Gasteiger partial charge in [0.15, 0.2) is 0 Å². The summed E-state index contributed by atoms with van der Waals surface area (Å²) in [7, 11) is 0. The Bertz CT molecular complexity index is 1030. The lowest BCUT2D eigenvalue weighted by atomic mass is 9.97. The van der Waals surface area contributed by atoms with Gasteiger partial charge in [0.05, 0.1) is 22.8 Å². The Labute approximate surface area is 163 Å². The van der Waals surface area contributed by atoms with Crippen LogP contribution in [0.3, 0.4) is 0 Å². The second kappa shape index (κ2) is 7.77. The quantitative estimate of drug-likeness (QED) is 0.523. The lowest BCUT2D eigenvalue weighted by Gasteiger charge is -2.28. The molecule has 0 saturated carbocycles. The number of nitrogens with two attached hydrogens (primary N) is 1. The molecule has 0 fully saturated rings. The maximum absolute atomic E-state index is 12.3. The largest absolute Gasteiger partial charge is 0.397 e. The van der Waals surface area contributed by atoms with Crippen LogP contribution >= 0.6 is 0 Å². The molecule has 7 heteroatoms. The number of rotatable bonds is 6. The second-order valence-electron chi connectivity index (χ2n) is 7.60. The van der Waals surface area contributed by atoms with Crippen molar-refractivity contribution in [1.29, 1.82) is 0 Å². The van der Waals surface area contributed by atoms with Crippen molar-refractivity contribution in [2.45, 2.75) is 57.3 Å². The Hall–Kier alpha value is -2.64. The third kappa shape index (κ3) is 3.55. The number of hydrogen-bond donors (Lipinski definition) is 4. The number of H-pyrrole nitrogens is 1. The summed E-state index contributed by atoms with van der Waals surface area (Å²) >= 11 is 0. The molecule has 1 aromatic carbocycles. The molecule has 0 bridgehead atoms. The van der Waals surface area contributed by atoms with E-state index in [1.54, 1.807) is 10.8 Å². The van der Waals surface area contributed by atoms with Crippen molar-refractivity contribution in [2.75, 3.05) is 5.73 Å². The molecule has 3 aromatic rings. The van der Waals surface area contributed by atoms with Gasteiger partial charge in [-0.05, 0) is 43.4 Å². The fraction of sp³-hybridized carbons (Fsp3) is 0.429. The number of benzene rings is 1. The lowest BCUT2D eigenvalue weighted by Crippen LogP contribution is -2.42. The molecule has 0 aliphatic carbocycles. The number of aryl methyl sites for hydroxylation is 2. The van der Waals surface area contributed by atoms with Crippen molar-refractivity contribution < 1.29 is 5.11 Å². The number of aromatic amines is 1. The highest BCUT2D eigenvalue weighted by Gasteiger charge is 2.29. The van der Waals surface area contributed by atoms with Crippen molar-refractivity contribution in [1.82, 2.24) is 19.9 Å². The molecule has 5 N–H and O–H groups in total. The molecule has 0 radical (unpaired) electrons. The summed E-state index contributed by atoms with van der Waals surface area (Å²) in [5.74, 6) is 0.